The van der Waals surface area contributed by atoms with Crippen LogP contribution in [0.5, 0.6) is 34.5 Å². The summed E-state index contributed by atoms with van der Waals surface area (Å²) in [7, 11) is 6.65. The van der Waals surface area contributed by atoms with E-state index in [1.165, 1.54) is 67.2 Å². The minimum atomic E-state index is 0.161. The average Bonchev–Trinajstić information content (AvgIpc) is 1.81. The third-order valence-corrected chi connectivity index (χ3v) is 15.6. The van der Waals surface area contributed by atoms with Crippen molar-refractivity contribution in [3.05, 3.63) is 105 Å². The summed E-state index contributed by atoms with van der Waals surface area (Å²) in [5.41, 5.74) is 10.2. The van der Waals surface area contributed by atoms with E-state index in [-0.39, 0.29) is 55.7 Å². The van der Waals surface area contributed by atoms with Crippen molar-refractivity contribution in [2.24, 2.45) is 0 Å². The molecule has 3 aromatic rings. The first-order valence-electron chi connectivity index (χ1n) is 32.2. The minimum absolute atomic E-state index is 0.161. The second-order valence-electron chi connectivity index (χ2n) is 22.8. The Morgan fingerprint density at radius 3 is 1.09 bits per heavy atom. The van der Waals surface area contributed by atoms with Gasteiger partial charge in [0.25, 0.3) is 0 Å². The molecule has 3 aliphatic rings. The number of phenolic OH excluding ortho intramolecular Hbond substituents is 3. The zero-order valence-electron chi connectivity index (χ0n) is 54.7. The van der Waals surface area contributed by atoms with Crippen LogP contribution in [0.2, 0.25) is 0 Å². The van der Waals surface area contributed by atoms with Crippen LogP contribution < -0.4 is 14.2 Å². The van der Waals surface area contributed by atoms with Crippen molar-refractivity contribution in [2.75, 3.05) is 108 Å². The number of rotatable bonds is 38. The lowest BCUT2D eigenvalue weighted by Gasteiger charge is -2.26. The molecule has 86 heavy (non-hydrogen) atoms. The Morgan fingerprint density at radius 2 is 0.733 bits per heavy atom. The zero-order chi connectivity index (χ0) is 62.6. The van der Waals surface area contributed by atoms with E-state index >= 15 is 0 Å². The molecule has 0 aromatic heterocycles. The topological polar surface area (TPSA) is 162 Å². The van der Waals surface area contributed by atoms with Crippen LogP contribution in [0.1, 0.15) is 215 Å². The number of halogens is 1. The maximum atomic E-state index is 10.7. The van der Waals surface area contributed by atoms with Gasteiger partial charge in [-0.25, -0.2) is 0 Å². The predicted octanol–water partition coefficient (Wildman–Crippen LogP) is 17.2. The van der Waals surface area contributed by atoms with E-state index in [0.717, 1.165) is 142 Å². The fraction of sp³-hybridized carbons (Fsp3) is 0.662. The van der Waals surface area contributed by atoms with Crippen molar-refractivity contribution in [3.63, 3.8) is 0 Å². The van der Waals surface area contributed by atoms with Gasteiger partial charge in [-0.05, 0) is 177 Å². The fourth-order valence-corrected chi connectivity index (χ4v) is 11.1. The molecule has 3 unspecified atom stereocenters. The summed E-state index contributed by atoms with van der Waals surface area (Å²) in [6.07, 6.45) is 31.1. The van der Waals surface area contributed by atoms with Gasteiger partial charge in [0.05, 0.1) is 46.2 Å². The molecule has 3 aromatic carbocycles. The Balaban J connectivity index is 0.000000323. The normalized spacial score (nSPS) is 16.5. The van der Waals surface area contributed by atoms with Crippen molar-refractivity contribution in [3.8, 4) is 34.5 Å². The van der Waals surface area contributed by atoms with Gasteiger partial charge < -0.3 is 67.4 Å². The first-order valence-corrected chi connectivity index (χ1v) is 32.7. The predicted molar refractivity (Wildman–Crippen MR) is 348 cm³/mol. The number of phenols is 3. The smallest absolute Gasteiger partial charge is 0.189 e. The molecule has 0 heterocycles. The standard InChI is InChI=1S/C26H42O6.C22H34O4.C18H26O2.C5H11ClO2/c1-5-6-7-10-22-17-24(31-19-29-14-12-27-3)26(23-11-8-9-21(2)16-23)25(18-22)32-20-30-15-13-28-4;1-4-5-6-9-18-14-20(23)22(19-10-7-8-17(2)13-19)21(15-18)26-16-25-12-11-24-3;1-3-4-5-8-14-11-16(19)18(17(20)12-14)15-9-6-7-13(2)10-15;1-7-3-2-4-8-5-6/h16-18,23H,5-15,19-20H2,1-4H3;13-15,19,23H,4-12,16H2,1-3H3;10-12,15,19-20H,3-9H2,1-2H3;2-5H2,1H3. The molecular weight excluding hydrogens is 1110 g/mol. The van der Waals surface area contributed by atoms with E-state index in [1.807, 2.05) is 18.2 Å². The number of aromatic hydroxyl groups is 3. The second kappa shape index (κ2) is 47.6. The number of ether oxygens (including phenoxy) is 11. The number of methoxy groups -OCH3 is 4. The Hall–Kier alpha value is -4.35. The fourth-order valence-electron chi connectivity index (χ4n) is 10.9. The summed E-state index contributed by atoms with van der Waals surface area (Å²) in [5, 5.41) is 31.3. The van der Waals surface area contributed by atoms with Gasteiger partial charge in [0, 0.05) is 69.5 Å². The number of hydrogen-bond donors (Lipinski definition) is 3. The number of allylic oxidation sites excluding steroid dienone is 6. The van der Waals surface area contributed by atoms with Gasteiger partial charge in [-0.1, -0.05) is 106 Å². The molecule has 0 fully saturated rings. The quantitative estimate of drug-likeness (QED) is 0.0215. The molecule has 0 bridgehead atoms. The first kappa shape index (κ1) is 75.9. The third-order valence-electron chi connectivity index (χ3n) is 15.5. The highest BCUT2D eigenvalue weighted by molar-refractivity contribution is 6.17. The highest BCUT2D eigenvalue weighted by atomic mass is 35.5. The van der Waals surface area contributed by atoms with Crippen LogP contribution in [-0.2, 0) is 57.2 Å². The first-order chi connectivity index (χ1) is 41.9. The molecule has 3 atom stereocenters. The maximum absolute atomic E-state index is 10.7. The largest absolute Gasteiger partial charge is 0.507 e. The summed E-state index contributed by atoms with van der Waals surface area (Å²) in [4.78, 5) is 0. The van der Waals surface area contributed by atoms with Crippen molar-refractivity contribution >= 4 is 11.6 Å². The lowest BCUT2D eigenvalue weighted by atomic mass is 9.84. The Kier molecular flexibility index (Phi) is 42.0. The Bertz CT molecular complexity index is 2290. The van der Waals surface area contributed by atoms with E-state index in [4.69, 9.17) is 63.7 Å². The van der Waals surface area contributed by atoms with Crippen LogP contribution in [0.25, 0.3) is 0 Å². The highest BCUT2D eigenvalue weighted by Gasteiger charge is 2.26. The highest BCUT2D eigenvalue weighted by Crippen LogP contribution is 2.45. The lowest BCUT2D eigenvalue weighted by Crippen LogP contribution is -2.14. The summed E-state index contributed by atoms with van der Waals surface area (Å²) in [6, 6.07) is 12.3. The van der Waals surface area contributed by atoms with Crippen LogP contribution in [0.4, 0.5) is 0 Å². The molecule has 488 valence electrons. The maximum Gasteiger partial charge on any atom is 0.189 e. The summed E-state index contributed by atoms with van der Waals surface area (Å²) in [5.74, 6) is 3.94. The van der Waals surface area contributed by atoms with Gasteiger partial charge in [0.2, 0.25) is 0 Å². The van der Waals surface area contributed by atoms with Crippen molar-refractivity contribution in [2.45, 2.75) is 201 Å². The van der Waals surface area contributed by atoms with Crippen molar-refractivity contribution in [1.82, 2.24) is 0 Å². The lowest BCUT2D eigenvalue weighted by molar-refractivity contribution is -0.0127. The van der Waals surface area contributed by atoms with Gasteiger partial charge in [-0.2, -0.15) is 0 Å². The van der Waals surface area contributed by atoms with Gasteiger partial charge >= 0.3 is 0 Å². The van der Waals surface area contributed by atoms with Gasteiger partial charge in [-0.15, -0.1) is 0 Å². The number of aryl methyl sites for hydroxylation is 3. The Morgan fingerprint density at radius 1 is 0.395 bits per heavy atom. The molecule has 0 spiro atoms. The van der Waals surface area contributed by atoms with Crippen LogP contribution in [0, 0.1) is 0 Å². The van der Waals surface area contributed by atoms with E-state index < -0.39 is 0 Å². The molecule has 0 radical (unpaired) electrons. The molecule has 0 saturated carbocycles. The summed E-state index contributed by atoms with van der Waals surface area (Å²) >= 11 is 5.22. The third kappa shape index (κ3) is 30.7. The van der Waals surface area contributed by atoms with E-state index in [0.29, 0.717) is 57.6 Å². The molecule has 15 heteroatoms. The molecule has 0 amide bonds. The minimum Gasteiger partial charge on any atom is -0.507 e. The van der Waals surface area contributed by atoms with Crippen molar-refractivity contribution < 1.29 is 67.4 Å². The zero-order valence-corrected chi connectivity index (χ0v) is 55.4. The monoisotopic (exact) mass is 1220 g/mol. The van der Waals surface area contributed by atoms with Crippen LogP contribution in [0.15, 0.2) is 71.3 Å². The summed E-state index contributed by atoms with van der Waals surface area (Å²) in [6.45, 7) is 18.2. The molecule has 3 aliphatic carbocycles. The molecule has 0 aliphatic heterocycles. The van der Waals surface area contributed by atoms with Crippen LogP contribution >= 0.6 is 11.6 Å². The number of unbranched alkanes of at least 4 members (excludes halogenated alkanes) is 6. The second-order valence-corrected chi connectivity index (χ2v) is 23.1. The van der Waals surface area contributed by atoms with E-state index in [9.17, 15) is 15.3 Å². The van der Waals surface area contributed by atoms with Gasteiger partial charge in [0.1, 0.15) is 40.6 Å². The molecule has 0 saturated heterocycles. The molecular formula is C71H113ClO14. The number of alkyl halides is 1. The van der Waals surface area contributed by atoms with Crippen LogP contribution in [0.3, 0.4) is 0 Å². The number of benzene rings is 3. The average molecular weight is 1230 g/mol. The van der Waals surface area contributed by atoms with Gasteiger partial charge in [0.15, 0.2) is 20.4 Å². The summed E-state index contributed by atoms with van der Waals surface area (Å²) < 4.78 is 59.6. The molecule has 6 rings (SSSR count). The Labute approximate surface area is 524 Å². The number of hydrogen-bond acceptors (Lipinski definition) is 14. The van der Waals surface area contributed by atoms with E-state index in [2.05, 4.69) is 78.0 Å². The van der Waals surface area contributed by atoms with Crippen LogP contribution in [-0.4, -0.2) is 123 Å². The van der Waals surface area contributed by atoms with Crippen molar-refractivity contribution in [1.29, 1.82) is 0 Å². The molecule has 3 N–H and O–H groups in total. The SMILES string of the molecule is CCCCCc1cc(O)c(C2C=C(C)CCC2)c(O)c1.CCCCCc1cc(O)c(C2C=C(C)CCC2)c(OCOCCOC)c1.CCCCCc1cc(OCOCCOC)c(C2C=C(C)CCC2)c(OCOCCOC)c1.COCCCOCCl. The van der Waals surface area contributed by atoms with Gasteiger partial charge in [-0.3, -0.25) is 0 Å². The van der Waals surface area contributed by atoms with E-state index in [1.54, 1.807) is 28.4 Å². The molecule has 14 nitrogen and oxygen atoms in total.